The summed E-state index contributed by atoms with van der Waals surface area (Å²) >= 11 is 0. The van der Waals surface area contributed by atoms with E-state index in [4.69, 9.17) is 11.2 Å². The topological polar surface area (TPSA) is 46.6 Å². The van der Waals surface area contributed by atoms with Gasteiger partial charge in [-0.1, -0.05) is 24.1 Å². The highest BCUT2D eigenvalue weighted by molar-refractivity contribution is 5.95. The van der Waals surface area contributed by atoms with Crippen molar-refractivity contribution in [2.75, 3.05) is 12.0 Å². The van der Waals surface area contributed by atoms with Crippen LogP contribution in [-0.4, -0.2) is 25.0 Å². The number of carbonyl (C=O) groups excluding carboxylic acids is 2. The first-order valence-corrected chi connectivity index (χ1v) is 8.12. The Kier molecular flexibility index (Phi) is 4.58. The molecular weight excluding hydrogens is 314 g/mol. The first-order valence-electron chi connectivity index (χ1n) is 8.12. The summed E-state index contributed by atoms with van der Waals surface area (Å²) in [6.07, 6.45) is 7.17. The van der Waals surface area contributed by atoms with Crippen LogP contribution < -0.4 is 4.90 Å². The van der Waals surface area contributed by atoms with Crippen LogP contribution >= 0.6 is 0 Å². The van der Waals surface area contributed by atoms with Crippen LogP contribution in [0.25, 0.3) is 11.1 Å². The molecule has 1 heterocycles. The van der Waals surface area contributed by atoms with Crippen molar-refractivity contribution in [3.63, 3.8) is 0 Å². The first-order chi connectivity index (χ1) is 12.0. The van der Waals surface area contributed by atoms with E-state index in [1.165, 1.54) is 7.11 Å². The van der Waals surface area contributed by atoms with Gasteiger partial charge in [0.05, 0.1) is 18.7 Å². The third-order valence-electron chi connectivity index (χ3n) is 4.51. The van der Waals surface area contributed by atoms with Gasteiger partial charge >= 0.3 is 5.97 Å². The minimum Gasteiger partial charge on any atom is -0.465 e. The van der Waals surface area contributed by atoms with Crippen molar-refractivity contribution in [3.8, 4) is 23.5 Å². The quantitative estimate of drug-likeness (QED) is 0.625. The Hall–Kier alpha value is -3.06. The monoisotopic (exact) mass is 333 g/mol. The summed E-state index contributed by atoms with van der Waals surface area (Å²) in [5.41, 5.74) is 4.55. The minimum atomic E-state index is -0.352. The molecule has 0 aromatic heterocycles. The Morgan fingerprint density at radius 2 is 1.84 bits per heavy atom. The Labute approximate surface area is 147 Å². The van der Waals surface area contributed by atoms with Gasteiger partial charge < -0.3 is 4.74 Å². The van der Waals surface area contributed by atoms with Crippen LogP contribution in [0, 0.1) is 12.3 Å². The van der Waals surface area contributed by atoms with Crippen molar-refractivity contribution >= 4 is 17.6 Å². The lowest BCUT2D eigenvalue weighted by molar-refractivity contribution is -0.116. The predicted octanol–water partition coefficient (Wildman–Crippen LogP) is 3.44. The lowest BCUT2D eigenvalue weighted by Gasteiger charge is -2.34. The molecule has 3 rings (SSSR count). The molecule has 1 aliphatic rings. The normalized spacial score (nSPS) is 15.9. The third kappa shape index (κ3) is 3.14. The molecule has 0 saturated carbocycles. The molecule has 0 spiro atoms. The summed E-state index contributed by atoms with van der Waals surface area (Å²) in [4.78, 5) is 25.2. The number of rotatable bonds is 2. The van der Waals surface area contributed by atoms with Crippen molar-refractivity contribution in [1.29, 1.82) is 0 Å². The fraction of sp³-hybridized carbons (Fsp3) is 0.238. The van der Waals surface area contributed by atoms with Crippen LogP contribution in [0.3, 0.4) is 0 Å². The number of nitrogens with zero attached hydrogens (tertiary/aromatic N) is 1. The Morgan fingerprint density at radius 1 is 1.16 bits per heavy atom. The Morgan fingerprint density at radius 3 is 2.44 bits per heavy atom. The van der Waals surface area contributed by atoms with E-state index in [1.807, 2.05) is 24.3 Å². The molecule has 0 saturated heterocycles. The van der Waals surface area contributed by atoms with E-state index in [1.54, 1.807) is 24.0 Å². The van der Waals surface area contributed by atoms with E-state index in [0.717, 1.165) is 35.2 Å². The minimum absolute atomic E-state index is 0.0425. The van der Waals surface area contributed by atoms with Gasteiger partial charge in [-0.3, -0.25) is 9.69 Å². The SMILES string of the molecule is C#C[C@H]1CCc2cc(-c3ccc(C(=O)OC)cc3)ccc2N1C(C)=O. The molecule has 0 radical (unpaired) electrons. The van der Waals surface area contributed by atoms with Gasteiger partial charge in [-0.05, 0) is 53.8 Å². The number of anilines is 1. The maximum atomic E-state index is 12.0. The van der Waals surface area contributed by atoms with Crippen LogP contribution in [0.5, 0.6) is 0 Å². The number of fused-ring (bicyclic) bond motifs is 1. The molecule has 25 heavy (non-hydrogen) atoms. The fourth-order valence-corrected chi connectivity index (χ4v) is 3.25. The summed E-state index contributed by atoms with van der Waals surface area (Å²) in [7, 11) is 1.37. The number of hydrogen-bond donors (Lipinski definition) is 0. The molecule has 1 atom stereocenters. The van der Waals surface area contributed by atoms with E-state index in [-0.39, 0.29) is 17.9 Å². The Bertz CT molecular complexity index is 862. The fourth-order valence-electron chi connectivity index (χ4n) is 3.25. The second-order valence-electron chi connectivity index (χ2n) is 6.02. The maximum Gasteiger partial charge on any atom is 0.337 e. The van der Waals surface area contributed by atoms with E-state index in [2.05, 4.69) is 12.0 Å². The number of amides is 1. The lowest BCUT2D eigenvalue weighted by Crippen LogP contribution is -2.41. The van der Waals surface area contributed by atoms with Gasteiger partial charge in [0.25, 0.3) is 0 Å². The van der Waals surface area contributed by atoms with E-state index in [9.17, 15) is 9.59 Å². The number of ether oxygens (including phenoxy) is 1. The standard InChI is InChI=1S/C21H19NO3/c1-4-19-11-9-18-13-17(10-12-20(18)22(19)14(2)23)15-5-7-16(8-6-15)21(24)25-3/h1,5-8,10,12-13,19H,9,11H2,2-3H3/t19-/m0/s1. The number of aryl methyl sites for hydroxylation is 1. The third-order valence-corrected chi connectivity index (χ3v) is 4.51. The summed E-state index contributed by atoms with van der Waals surface area (Å²) in [6, 6.07) is 13.1. The van der Waals surface area contributed by atoms with E-state index in [0.29, 0.717) is 5.56 Å². The van der Waals surface area contributed by atoms with Crippen molar-refractivity contribution < 1.29 is 14.3 Å². The number of terminal acetylenes is 1. The van der Waals surface area contributed by atoms with Crippen molar-refractivity contribution in [2.45, 2.75) is 25.8 Å². The van der Waals surface area contributed by atoms with Gasteiger partial charge in [0.2, 0.25) is 5.91 Å². The molecular formula is C21H19NO3. The first kappa shape index (κ1) is 16.8. The summed E-state index contributed by atoms with van der Waals surface area (Å²) in [5, 5.41) is 0. The zero-order valence-corrected chi connectivity index (χ0v) is 14.3. The van der Waals surface area contributed by atoms with Crippen LogP contribution in [0.4, 0.5) is 5.69 Å². The predicted molar refractivity (Wildman–Crippen MR) is 97.3 cm³/mol. The molecule has 0 N–H and O–H groups in total. The average molecular weight is 333 g/mol. The maximum absolute atomic E-state index is 12.0. The molecule has 0 aliphatic carbocycles. The summed E-state index contributed by atoms with van der Waals surface area (Å²) in [5.74, 6) is 2.31. The highest BCUT2D eigenvalue weighted by Gasteiger charge is 2.27. The number of esters is 1. The molecule has 126 valence electrons. The lowest BCUT2D eigenvalue weighted by atomic mass is 9.92. The van der Waals surface area contributed by atoms with Crippen molar-refractivity contribution in [3.05, 3.63) is 53.6 Å². The molecule has 4 heteroatoms. The zero-order chi connectivity index (χ0) is 18.0. The molecule has 2 aromatic rings. The molecule has 1 amide bonds. The number of methoxy groups -OCH3 is 1. The molecule has 0 bridgehead atoms. The number of hydrogen-bond acceptors (Lipinski definition) is 3. The zero-order valence-electron chi connectivity index (χ0n) is 14.3. The Balaban J connectivity index is 1.95. The van der Waals surface area contributed by atoms with Crippen molar-refractivity contribution in [1.82, 2.24) is 0 Å². The number of benzene rings is 2. The van der Waals surface area contributed by atoms with Crippen LogP contribution in [0.1, 0.15) is 29.3 Å². The summed E-state index contributed by atoms with van der Waals surface area (Å²) < 4.78 is 4.72. The van der Waals surface area contributed by atoms with Gasteiger partial charge in [0, 0.05) is 12.6 Å². The van der Waals surface area contributed by atoms with Gasteiger partial charge in [-0.25, -0.2) is 4.79 Å². The average Bonchev–Trinajstić information content (AvgIpc) is 2.65. The largest absolute Gasteiger partial charge is 0.465 e. The molecule has 4 nitrogen and oxygen atoms in total. The molecule has 1 aliphatic heterocycles. The highest BCUT2D eigenvalue weighted by Crippen LogP contribution is 2.34. The summed E-state index contributed by atoms with van der Waals surface area (Å²) in [6.45, 7) is 1.54. The molecule has 2 aromatic carbocycles. The van der Waals surface area contributed by atoms with Gasteiger partial charge in [-0.15, -0.1) is 6.42 Å². The number of carbonyl (C=O) groups is 2. The van der Waals surface area contributed by atoms with Gasteiger partial charge in [0.15, 0.2) is 0 Å². The molecule has 0 fully saturated rings. The van der Waals surface area contributed by atoms with Gasteiger partial charge in [0.1, 0.15) is 0 Å². The smallest absolute Gasteiger partial charge is 0.337 e. The highest BCUT2D eigenvalue weighted by atomic mass is 16.5. The van der Waals surface area contributed by atoms with Crippen LogP contribution in [0.15, 0.2) is 42.5 Å². The molecule has 0 unspecified atom stereocenters. The van der Waals surface area contributed by atoms with Gasteiger partial charge in [-0.2, -0.15) is 0 Å². The van der Waals surface area contributed by atoms with Crippen molar-refractivity contribution in [2.24, 2.45) is 0 Å². The second-order valence-corrected chi connectivity index (χ2v) is 6.02. The second kappa shape index (κ2) is 6.82. The van der Waals surface area contributed by atoms with E-state index < -0.39 is 0 Å². The van der Waals surface area contributed by atoms with Crippen LogP contribution in [-0.2, 0) is 16.0 Å². The van der Waals surface area contributed by atoms with Crippen LogP contribution in [0.2, 0.25) is 0 Å². The van der Waals surface area contributed by atoms with E-state index >= 15 is 0 Å².